The number of benzene rings is 1. The molecule has 1 aliphatic rings. The average Bonchev–Trinajstić information content (AvgIpc) is 2.42. The summed E-state index contributed by atoms with van der Waals surface area (Å²) in [4.78, 5) is 0. The van der Waals surface area contributed by atoms with Crippen molar-refractivity contribution in [3.8, 4) is 5.75 Å². The quantitative estimate of drug-likeness (QED) is 0.621. The molecule has 1 aromatic carbocycles. The van der Waals surface area contributed by atoms with Crippen molar-refractivity contribution in [2.75, 3.05) is 0 Å². The molecule has 0 saturated heterocycles. The Hall–Kier alpha value is 0.760. The van der Waals surface area contributed by atoms with Crippen LogP contribution in [0.25, 0.3) is 0 Å². The van der Waals surface area contributed by atoms with Gasteiger partial charge in [0.25, 0.3) is 0 Å². The van der Waals surface area contributed by atoms with Crippen molar-refractivity contribution in [3.05, 3.63) is 30.3 Å². The molecule has 0 amide bonds. The fraction of sp³-hybridized carbons (Fsp3) is 0.500. The fourth-order valence-electron chi connectivity index (χ4n) is 1.48. The van der Waals surface area contributed by atoms with E-state index in [9.17, 15) is 0 Å². The fourth-order valence-corrected chi connectivity index (χ4v) is 3.81. The van der Waals surface area contributed by atoms with E-state index in [-0.39, 0.29) is 0 Å². The van der Waals surface area contributed by atoms with Gasteiger partial charge in [0, 0.05) is 0 Å². The molecular weight excluding hydrogens is 373 g/mol. The molecule has 1 fully saturated rings. The number of para-hydroxylation sites is 1. The second-order valence-corrected chi connectivity index (χ2v) is 7.03. The zero-order chi connectivity index (χ0) is 14.6. The smallest absolute Gasteiger partial charge is 0.115 e. The van der Waals surface area contributed by atoms with Crippen molar-refractivity contribution in [2.24, 2.45) is 0 Å². The van der Waals surface area contributed by atoms with E-state index in [1.165, 1.54) is 0 Å². The monoisotopic (exact) mass is 382 g/mol. The van der Waals surface area contributed by atoms with Crippen LogP contribution in [0.2, 0.25) is 0 Å². The first-order chi connectivity index (χ1) is 8.86. The molecule has 19 heavy (non-hydrogen) atoms. The van der Waals surface area contributed by atoms with Gasteiger partial charge in [-0.3, -0.25) is 0 Å². The lowest BCUT2D eigenvalue weighted by Crippen LogP contribution is -2.52. The van der Waals surface area contributed by atoms with Crippen LogP contribution in [0.15, 0.2) is 30.3 Å². The molecule has 0 unspecified atom stereocenters. The maximum Gasteiger partial charge on any atom is 0.115 e. The molecule has 1 nitrogen and oxygen atoms in total. The molecule has 0 aromatic heterocycles. The largest absolute Gasteiger partial charge is 0.508 e. The van der Waals surface area contributed by atoms with E-state index < -0.39 is 32.3 Å². The van der Waals surface area contributed by atoms with Gasteiger partial charge in [-0.15, -0.1) is 69.6 Å². The van der Waals surface area contributed by atoms with Crippen LogP contribution in [-0.4, -0.2) is 37.4 Å². The third kappa shape index (κ3) is 4.91. The highest BCUT2D eigenvalue weighted by atomic mass is 35.5. The average molecular weight is 385 g/mol. The topological polar surface area (TPSA) is 20.2 Å². The number of phenols is 1. The summed E-state index contributed by atoms with van der Waals surface area (Å²) in [5, 5.41) is 6.01. The van der Waals surface area contributed by atoms with Crippen LogP contribution in [0.5, 0.6) is 5.75 Å². The molecule has 1 N–H and O–H groups in total. The number of rotatable bonds is 0. The minimum atomic E-state index is -0.437. The molecule has 0 heterocycles. The van der Waals surface area contributed by atoms with Gasteiger partial charge in [-0.2, -0.15) is 0 Å². The van der Waals surface area contributed by atoms with Gasteiger partial charge in [-0.25, -0.2) is 0 Å². The molecule has 0 bridgehead atoms. The minimum absolute atomic E-state index is 0.322. The Labute approximate surface area is 142 Å². The Morgan fingerprint density at radius 2 is 0.842 bits per heavy atom. The molecule has 0 atom stereocenters. The maximum absolute atomic E-state index is 8.63. The molecule has 0 aliphatic heterocycles. The van der Waals surface area contributed by atoms with Crippen LogP contribution in [-0.2, 0) is 0 Å². The zero-order valence-electron chi connectivity index (χ0n) is 9.57. The van der Waals surface area contributed by atoms with Gasteiger partial charge >= 0.3 is 0 Å². The Kier molecular flexibility index (Phi) is 7.75. The predicted molar refractivity (Wildman–Crippen MR) is 86.0 cm³/mol. The second kappa shape index (κ2) is 8.26. The van der Waals surface area contributed by atoms with E-state index >= 15 is 0 Å². The summed E-state index contributed by atoms with van der Waals surface area (Å²) < 4.78 is 0. The summed E-state index contributed by atoms with van der Waals surface area (Å²) in [6, 6.07) is 8.71. The number of halogens is 6. The number of alkyl halides is 6. The summed E-state index contributed by atoms with van der Waals surface area (Å²) in [7, 11) is 0. The lowest BCUT2D eigenvalue weighted by Gasteiger charge is -2.37. The van der Waals surface area contributed by atoms with Crippen molar-refractivity contribution in [2.45, 2.75) is 32.3 Å². The first-order valence-corrected chi connectivity index (χ1v) is 8.06. The Balaban J connectivity index is 0.000000218. The van der Waals surface area contributed by atoms with Crippen LogP contribution in [0.1, 0.15) is 0 Å². The van der Waals surface area contributed by atoms with E-state index in [2.05, 4.69) is 0 Å². The standard InChI is InChI=1S/C6H6Cl6.C6H6O/c7-1-2(8)4(10)6(12)5(11)3(1)9;7-6-4-2-1-3-5-6/h1-6H;1-5,7H/t1-,2-,3-,4+,5+,6+;. The molecule has 7 heteroatoms. The highest BCUT2D eigenvalue weighted by molar-refractivity contribution is 6.45. The SMILES string of the molecule is Cl[C@H]1[C@H](Cl)[C@@H](Cl)[C@@H](Cl)[C@H](Cl)[C@H]1Cl.Oc1ccccc1. The van der Waals surface area contributed by atoms with Crippen molar-refractivity contribution in [1.29, 1.82) is 0 Å². The summed E-state index contributed by atoms with van der Waals surface area (Å²) >= 11 is 35.3. The number of phenolic OH excluding ortho intramolecular Hbond substituents is 1. The number of hydrogen-bond donors (Lipinski definition) is 1. The Bertz CT molecular complexity index is 317. The first-order valence-electron chi connectivity index (χ1n) is 5.44. The van der Waals surface area contributed by atoms with Crippen LogP contribution < -0.4 is 0 Å². The van der Waals surface area contributed by atoms with Crippen LogP contribution in [0, 0.1) is 0 Å². The lowest BCUT2D eigenvalue weighted by atomic mass is 9.97. The van der Waals surface area contributed by atoms with E-state index in [0.29, 0.717) is 5.75 Å². The molecular formula is C12H12Cl6O. The van der Waals surface area contributed by atoms with Crippen LogP contribution >= 0.6 is 69.6 Å². The predicted octanol–water partition coefficient (Wildman–Crippen LogP) is 5.04. The van der Waals surface area contributed by atoms with E-state index in [1.807, 2.05) is 6.07 Å². The Morgan fingerprint density at radius 1 is 0.579 bits per heavy atom. The zero-order valence-corrected chi connectivity index (χ0v) is 14.1. The molecule has 2 rings (SSSR count). The van der Waals surface area contributed by atoms with E-state index in [0.717, 1.165) is 0 Å². The van der Waals surface area contributed by atoms with Gasteiger partial charge in [-0.1, -0.05) is 18.2 Å². The normalized spacial score (nSPS) is 38.2. The van der Waals surface area contributed by atoms with Crippen molar-refractivity contribution < 1.29 is 5.11 Å². The van der Waals surface area contributed by atoms with Gasteiger partial charge in [-0.05, 0) is 12.1 Å². The number of aromatic hydroxyl groups is 1. The molecule has 1 aliphatic carbocycles. The summed E-state index contributed by atoms with van der Waals surface area (Å²) in [6.07, 6.45) is 0. The van der Waals surface area contributed by atoms with E-state index in [4.69, 9.17) is 74.7 Å². The van der Waals surface area contributed by atoms with Crippen molar-refractivity contribution in [1.82, 2.24) is 0 Å². The molecule has 1 aromatic rings. The third-order valence-electron chi connectivity index (χ3n) is 2.58. The Morgan fingerprint density at radius 3 is 1.00 bits per heavy atom. The summed E-state index contributed by atoms with van der Waals surface area (Å²) in [6.45, 7) is 0. The molecule has 0 spiro atoms. The third-order valence-corrected chi connectivity index (χ3v) is 6.61. The molecule has 1 saturated carbocycles. The van der Waals surface area contributed by atoms with Crippen LogP contribution in [0.3, 0.4) is 0 Å². The second-order valence-electron chi connectivity index (χ2n) is 4.00. The molecule has 108 valence electrons. The highest BCUT2D eigenvalue weighted by Gasteiger charge is 2.46. The number of hydrogen-bond acceptors (Lipinski definition) is 1. The highest BCUT2D eigenvalue weighted by Crippen LogP contribution is 2.39. The first kappa shape index (κ1) is 17.8. The maximum atomic E-state index is 8.63. The van der Waals surface area contributed by atoms with Gasteiger partial charge in [0.2, 0.25) is 0 Å². The lowest BCUT2D eigenvalue weighted by molar-refractivity contribution is 0.475. The minimum Gasteiger partial charge on any atom is -0.508 e. The molecule has 0 radical (unpaired) electrons. The van der Waals surface area contributed by atoms with Gasteiger partial charge < -0.3 is 5.11 Å². The summed E-state index contributed by atoms with van der Waals surface area (Å²) in [5.74, 6) is 0.322. The van der Waals surface area contributed by atoms with Crippen LogP contribution in [0.4, 0.5) is 0 Å². The van der Waals surface area contributed by atoms with Gasteiger partial charge in [0.15, 0.2) is 0 Å². The summed E-state index contributed by atoms with van der Waals surface area (Å²) in [5.41, 5.74) is 0. The van der Waals surface area contributed by atoms with E-state index in [1.54, 1.807) is 24.3 Å². The van der Waals surface area contributed by atoms with Crippen molar-refractivity contribution >= 4 is 69.6 Å². The van der Waals surface area contributed by atoms with Gasteiger partial charge in [0.05, 0.1) is 32.3 Å². The van der Waals surface area contributed by atoms with Crippen molar-refractivity contribution in [3.63, 3.8) is 0 Å². The van der Waals surface area contributed by atoms with Gasteiger partial charge in [0.1, 0.15) is 5.75 Å².